The molecule has 6 heteroatoms. The van der Waals surface area contributed by atoms with Crippen LogP contribution in [0.25, 0.3) is 0 Å². The molecule has 0 aliphatic rings. The van der Waals surface area contributed by atoms with Gasteiger partial charge in [-0.3, -0.25) is 0 Å². The Hall–Kier alpha value is -2.05. The minimum atomic E-state index is -3.40. The first-order chi connectivity index (χ1) is 11.4. The van der Waals surface area contributed by atoms with Gasteiger partial charge in [-0.25, -0.2) is 12.7 Å². The molecule has 0 spiro atoms. The van der Waals surface area contributed by atoms with Gasteiger partial charge in [0, 0.05) is 26.3 Å². The number of nitrogens with zero attached hydrogens (tertiary/aromatic N) is 2. The van der Waals surface area contributed by atoms with Crippen LogP contribution in [0.2, 0.25) is 0 Å². The molecule has 0 heterocycles. The van der Waals surface area contributed by atoms with Crippen molar-refractivity contribution in [2.24, 2.45) is 0 Å². The van der Waals surface area contributed by atoms with Crippen molar-refractivity contribution < 1.29 is 13.2 Å². The lowest BCUT2D eigenvalue weighted by atomic mass is 10.3. The molecule has 0 radical (unpaired) electrons. The highest BCUT2D eigenvalue weighted by Crippen LogP contribution is 2.18. The number of para-hydroxylation sites is 1. The number of anilines is 1. The molecule has 0 aliphatic carbocycles. The maximum absolute atomic E-state index is 12.0. The molecule has 130 valence electrons. The van der Waals surface area contributed by atoms with Gasteiger partial charge in [-0.15, -0.1) is 0 Å². The summed E-state index contributed by atoms with van der Waals surface area (Å²) >= 11 is 0. The molecule has 0 aromatic heterocycles. The van der Waals surface area contributed by atoms with Crippen LogP contribution in [0.5, 0.6) is 5.75 Å². The van der Waals surface area contributed by atoms with Crippen LogP contribution in [0.15, 0.2) is 59.5 Å². The zero-order chi connectivity index (χ0) is 17.6. The highest BCUT2D eigenvalue weighted by molar-refractivity contribution is 7.89. The third kappa shape index (κ3) is 4.49. The van der Waals surface area contributed by atoms with Crippen LogP contribution in [0.1, 0.15) is 6.92 Å². The van der Waals surface area contributed by atoms with Gasteiger partial charge < -0.3 is 9.64 Å². The molecule has 0 amide bonds. The summed E-state index contributed by atoms with van der Waals surface area (Å²) in [5.41, 5.74) is 1.16. The van der Waals surface area contributed by atoms with Crippen LogP contribution >= 0.6 is 0 Å². The molecule has 5 nitrogen and oxygen atoms in total. The van der Waals surface area contributed by atoms with Crippen LogP contribution in [0.4, 0.5) is 5.69 Å². The quantitative estimate of drug-likeness (QED) is 0.736. The Bertz CT molecular complexity index is 729. The van der Waals surface area contributed by atoms with E-state index in [0.717, 1.165) is 18.8 Å². The first kappa shape index (κ1) is 18.3. The molecule has 2 rings (SSSR count). The second-order valence-electron chi connectivity index (χ2n) is 5.52. The van der Waals surface area contributed by atoms with E-state index in [1.54, 1.807) is 24.3 Å². The van der Waals surface area contributed by atoms with Crippen molar-refractivity contribution in [2.45, 2.75) is 11.8 Å². The number of rotatable bonds is 8. The molecule has 0 N–H and O–H groups in total. The van der Waals surface area contributed by atoms with Crippen molar-refractivity contribution >= 4 is 15.7 Å². The number of hydrogen-bond acceptors (Lipinski definition) is 4. The lowest BCUT2D eigenvalue weighted by molar-refractivity contribution is 0.324. The van der Waals surface area contributed by atoms with Crippen LogP contribution in [0.3, 0.4) is 0 Å². The van der Waals surface area contributed by atoms with Gasteiger partial charge in [-0.05, 0) is 43.3 Å². The van der Waals surface area contributed by atoms with E-state index in [1.165, 1.54) is 18.4 Å². The van der Waals surface area contributed by atoms with Crippen LogP contribution in [0, 0.1) is 0 Å². The molecular formula is C18H24N2O3S. The van der Waals surface area contributed by atoms with Gasteiger partial charge in [-0.2, -0.15) is 0 Å². The van der Waals surface area contributed by atoms with Crippen molar-refractivity contribution in [3.8, 4) is 5.75 Å². The van der Waals surface area contributed by atoms with Crippen LogP contribution in [-0.4, -0.2) is 46.5 Å². The molecule has 0 atom stereocenters. The first-order valence-corrected chi connectivity index (χ1v) is 9.34. The van der Waals surface area contributed by atoms with Gasteiger partial charge in [-0.1, -0.05) is 18.2 Å². The first-order valence-electron chi connectivity index (χ1n) is 7.90. The smallest absolute Gasteiger partial charge is 0.242 e. The minimum Gasteiger partial charge on any atom is -0.492 e. The standard InChI is InChI=1S/C18H24N2O3S/c1-4-20(16-8-6-5-7-9-16)14-15-23-17-10-12-18(13-11-17)24(21,22)19(2)3/h5-13H,4,14-15H2,1-3H3. The molecule has 0 aliphatic heterocycles. The van der Waals surface area contributed by atoms with E-state index in [9.17, 15) is 8.42 Å². The van der Waals surface area contributed by atoms with Gasteiger partial charge in [0.05, 0.1) is 11.4 Å². The number of hydrogen-bond donors (Lipinski definition) is 0. The van der Waals surface area contributed by atoms with Gasteiger partial charge in [0.1, 0.15) is 12.4 Å². The van der Waals surface area contributed by atoms with Crippen molar-refractivity contribution in [3.05, 3.63) is 54.6 Å². The fraction of sp³-hybridized carbons (Fsp3) is 0.333. The van der Waals surface area contributed by atoms with Gasteiger partial charge >= 0.3 is 0 Å². The summed E-state index contributed by atoms with van der Waals surface area (Å²) < 4.78 is 31.0. The van der Waals surface area contributed by atoms with E-state index in [-0.39, 0.29) is 4.90 Å². The largest absolute Gasteiger partial charge is 0.492 e. The van der Waals surface area contributed by atoms with Crippen molar-refractivity contribution in [2.75, 3.05) is 38.7 Å². The number of benzene rings is 2. The maximum atomic E-state index is 12.0. The predicted molar refractivity (Wildman–Crippen MR) is 97.1 cm³/mol. The molecule has 2 aromatic carbocycles. The molecule has 0 fully saturated rings. The third-order valence-electron chi connectivity index (χ3n) is 3.74. The monoisotopic (exact) mass is 348 g/mol. The second-order valence-corrected chi connectivity index (χ2v) is 7.67. The lowest BCUT2D eigenvalue weighted by Gasteiger charge is -2.23. The van der Waals surface area contributed by atoms with Crippen LogP contribution < -0.4 is 9.64 Å². The SMILES string of the molecule is CCN(CCOc1ccc(S(=O)(=O)N(C)C)cc1)c1ccccc1. The van der Waals surface area contributed by atoms with E-state index in [4.69, 9.17) is 4.74 Å². The molecule has 2 aromatic rings. The Balaban J connectivity index is 1.93. The zero-order valence-corrected chi connectivity index (χ0v) is 15.2. The fourth-order valence-electron chi connectivity index (χ4n) is 2.30. The van der Waals surface area contributed by atoms with E-state index in [2.05, 4.69) is 24.0 Å². The van der Waals surface area contributed by atoms with Crippen molar-refractivity contribution in [1.82, 2.24) is 4.31 Å². The van der Waals surface area contributed by atoms with Gasteiger partial charge in [0.2, 0.25) is 10.0 Å². The number of sulfonamides is 1. The fourth-order valence-corrected chi connectivity index (χ4v) is 3.20. The van der Waals surface area contributed by atoms with Crippen molar-refractivity contribution in [3.63, 3.8) is 0 Å². The average Bonchev–Trinajstić information content (AvgIpc) is 2.60. The molecule has 24 heavy (non-hydrogen) atoms. The Morgan fingerprint density at radius 3 is 2.12 bits per heavy atom. The Morgan fingerprint density at radius 2 is 1.58 bits per heavy atom. The van der Waals surface area contributed by atoms with E-state index >= 15 is 0 Å². The summed E-state index contributed by atoms with van der Waals surface area (Å²) in [4.78, 5) is 2.49. The van der Waals surface area contributed by atoms with Crippen LogP contribution in [-0.2, 0) is 10.0 Å². The summed E-state index contributed by atoms with van der Waals surface area (Å²) in [7, 11) is -0.365. The summed E-state index contributed by atoms with van der Waals surface area (Å²) in [6.45, 7) is 4.29. The molecule has 0 saturated carbocycles. The summed E-state index contributed by atoms with van der Waals surface area (Å²) in [6.07, 6.45) is 0. The molecule has 0 saturated heterocycles. The second kappa shape index (κ2) is 8.17. The van der Waals surface area contributed by atoms with Crippen molar-refractivity contribution in [1.29, 1.82) is 0 Å². The summed E-state index contributed by atoms with van der Waals surface area (Å²) in [5, 5.41) is 0. The Kier molecular flexibility index (Phi) is 6.23. The molecule has 0 unspecified atom stereocenters. The Labute approximate surface area is 144 Å². The summed E-state index contributed by atoms with van der Waals surface area (Å²) in [5.74, 6) is 0.664. The van der Waals surface area contributed by atoms with E-state index in [1.807, 2.05) is 18.2 Å². The number of likely N-dealkylation sites (N-methyl/N-ethyl adjacent to an activating group) is 1. The Morgan fingerprint density at radius 1 is 0.958 bits per heavy atom. The van der Waals surface area contributed by atoms with Gasteiger partial charge in [0.25, 0.3) is 0 Å². The number of ether oxygens (including phenoxy) is 1. The predicted octanol–water partition coefficient (Wildman–Crippen LogP) is 2.84. The highest BCUT2D eigenvalue weighted by Gasteiger charge is 2.16. The summed E-state index contributed by atoms with van der Waals surface area (Å²) in [6, 6.07) is 16.7. The normalized spacial score (nSPS) is 11.5. The minimum absolute atomic E-state index is 0.263. The lowest BCUT2D eigenvalue weighted by Crippen LogP contribution is -2.27. The average molecular weight is 348 g/mol. The highest BCUT2D eigenvalue weighted by atomic mass is 32.2. The molecule has 0 bridgehead atoms. The topological polar surface area (TPSA) is 49.9 Å². The van der Waals surface area contributed by atoms with Gasteiger partial charge in [0.15, 0.2) is 0 Å². The van der Waals surface area contributed by atoms with E-state index < -0.39 is 10.0 Å². The molecular weight excluding hydrogens is 324 g/mol. The maximum Gasteiger partial charge on any atom is 0.242 e. The zero-order valence-electron chi connectivity index (χ0n) is 14.3. The third-order valence-corrected chi connectivity index (χ3v) is 5.56. The van der Waals surface area contributed by atoms with E-state index in [0.29, 0.717) is 12.4 Å².